The van der Waals surface area contributed by atoms with Crippen LogP contribution in [0.25, 0.3) is 0 Å². The lowest BCUT2D eigenvalue weighted by atomic mass is 10.1. The number of carboxylic acids is 1. The SMILES string of the molecule is CC1(C)CC1Nc1cc(Cl)ccc1C(=O)O. The lowest BCUT2D eigenvalue weighted by Gasteiger charge is -2.11. The van der Waals surface area contributed by atoms with E-state index in [2.05, 4.69) is 19.2 Å². The van der Waals surface area contributed by atoms with Gasteiger partial charge in [-0.3, -0.25) is 0 Å². The minimum absolute atomic E-state index is 0.248. The molecule has 86 valence electrons. The molecule has 1 aromatic carbocycles. The van der Waals surface area contributed by atoms with E-state index in [1.807, 2.05) is 0 Å². The summed E-state index contributed by atoms with van der Waals surface area (Å²) in [6, 6.07) is 5.12. The zero-order valence-corrected chi connectivity index (χ0v) is 10.0. The maximum atomic E-state index is 11.0. The molecular formula is C12H14ClNO2. The van der Waals surface area contributed by atoms with E-state index in [9.17, 15) is 4.79 Å². The van der Waals surface area contributed by atoms with Gasteiger partial charge in [0.25, 0.3) is 0 Å². The molecule has 2 N–H and O–H groups in total. The van der Waals surface area contributed by atoms with Crippen LogP contribution in [0.1, 0.15) is 30.6 Å². The number of hydrogen-bond acceptors (Lipinski definition) is 2. The van der Waals surface area contributed by atoms with Gasteiger partial charge in [-0.15, -0.1) is 0 Å². The smallest absolute Gasteiger partial charge is 0.337 e. The van der Waals surface area contributed by atoms with Gasteiger partial charge in [0, 0.05) is 11.1 Å². The van der Waals surface area contributed by atoms with Crippen LogP contribution < -0.4 is 5.32 Å². The van der Waals surface area contributed by atoms with Crippen LogP contribution in [0.3, 0.4) is 0 Å². The first-order valence-electron chi connectivity index (χ1n) is 5.19. The van der Waals surface area contributed by atoms with Gasteiger partial charge in [0.05, 0.1) is 11.3 Å². The van der Waals surface area contributed by atoms with Gasteiger partial charge in [-0.05, 0) is 30.0 Å². The number of nitrogens with one attached hydrogen (secondary N) is 1. The minimum atomic E-state index is -0.933. The van der Waals surface area contributed by atoms with Crippen LogP contribution in [0.4, 0.5) is 5.69 Å². The van der Waals surface area contributed by atoms with Crippen molar-refractivity contribution in [3.8, 4) is 0 Å². The van der Waals surface area contributed by atoms with Crippen LogP contribution in [-0.4, -0.2) is 17.1 Å². The molecule has 1 aromatic rings. The Morgan fingerprint density at radius 3 is 2.69 bits per heavy atom. The molecule has 0 bridgehead atoms. The fourth-order valence-corrected chi connectivity index (χ4v) is 1.90. The van der Waals surface area contributed by atoms with Crippen molar-refractivity contribution in [3.63, 3.8) is 0 Å². The largest absolute Gasteiger partial charge is 0.478 e. The third-order valence-corrected chi connectivity index (χ3v) is 3.29. The van der Waals surface area contributed by atoms with Crippen LogP contribution in [0.2, 0.25) is 5.02 Å². The van der Waals surface area contributed by atoms with Crippen molar-refractivity contribution in [1.82, 2.24) is 0 Å². The van der Waals surface area contributed by atoms with E-state index in [-0.39, 0.29) is 11.0 Å². The second-order valence-corrected chi connectivity index (χ2v) is 5.32. The van der Waals surface area contributed by atoms with Crippen molar-refractivity contribution >= 4 is 23.3 Å². The fourth-order valence-electron chi connectivity index (χ4n) is 1.72. The third kappa shape index (κ3) is 2.14. The maximum absolute atomic E-state index is 11.0. The van der Waals surface area contributed by atoms with Crippen molar-refractivity contribution < 1.29 is 9.90 Å². The number of hydrogen-bond donors (Lipinski definition) is 2. The first-order chi connectivity index (χ1) is 7.40. The lowest BCUT2D eigenvalue weighted by Crippen LogP contribution is -2.12. The standard InChI is InChI=1S/C12H14ClNO2/c1-12(2)6-10(12)14-9-5-7(13)3-4-8(9)11(15)16/h3-5,10,14H,6H2,1-2H3,(H,15,16). The van der Waals surface area contributed by atoms with E-state index in [4.69, 9.17) is 16.7 Å². The second kappa shape index (κ2) is 3.67. The highest BCUT2D eigenvalue weighted by Crippen LogP contribution is 2.47. The summed E-state index contributed by atoms with van der Waals surface area (Å²) in [5, 5.41) is 12.8. The molecule has 16 heavy (non-hydrogen) atoms. The molecule has 1 unspecified atom stereocenters. The first-order valence-corrected chi connectivity index (χ1v) is 5.57. The van der Waals surface area contributed by atoms with Crippen molar-refractivity contribution in [3.05, 3.63) is 28.8 Å². The monoisotopic (exact) mass is 239 g/mol. The van der Waals surface area contributed by atoms with Crippen LogP contribution in [0.5, 0.6) is 0 Å². The van der Waals surface area contributed by atoms with Crippen molar-refractivity contribution in [2.75, 3.05) is 5.32 Å². The van der Waals surface area contributed by atoms with Crippen LogP contribution >= 0.6 is 11.6 Å². The zero-order valence-electron chi connectivity index (χ0n) is 9.25. The number of halogens is 1. The molecule has 0 amide bonds. The minimum Gasteiger partial charge on any atom is -0.478 e. The molecule has 0 spiro atoms. The molecule has 0 heterocycles. The Morgan fingerprint density at radius 1 is 1.56 bits per heavy atom. The molecule has 1 aliphatic rings. The Kier molecular flexibility index (Phi) is 2.58. The number of anilines is 1. The van der Waals surface area contributed by atoms with Crippen molar-refractivity contribution in [2.24, 2.45) is 5.41 Å². The van der Waals surface area contributed by atoms with Crippen molar-refractivity contribution in [2.45, 2.75) is 26.3 Å². The predicted molar refractivity (Wildman–Crippen MR) is 64.2 cm³/mol. The van der Waals surface area contributed by atoms with E-state index < -0.39 is 5.97 Å². The van der Waals surface area contributed by atoms with Gasteiger partial charge in [-0.25, -0.2) is 4.79 Å². The highest BCUT2D eigenvalue weighted by Gasteiger charge is 2.45. The Labute approximate surface area is 99.4 Å². The lowest BCUT2D eigenvalue weighted by molar-refractivity contribution is 0.0698. The van der Waals surface area contributed by atoms with Gasteiger partial charge in [0.1, 0.15) is 0 Å². The van der Waals surface area contributed by atoms with Crippen LogP contribution in [-0.2, 0) is 0 Å². The summed E-state index contributed by atoms with van der Waals surface area (Å²) in [6.07, 6.45) is 1.05. The highest BCUT2D eigenvalue weighted by atomic mass is 35.5. The molecule has 1 saturated carbocycles. The van der Waals surface area contributed by atoms with E-state index in [1.165, 1.54) is 6.07 Å². The first kappa shape index (κ1) is 11.3. The maximum Gasteiger partial charge on any atom is 0.337 e. The number of benzene rings is 1. The zero-order chi connectivity index (χ0) is 11.9. The molecule has 0 radical (unpaired) electrons. The quantitative estimate of drug-likeness (QED) is 0.851. The summed E-state index contributed by atoms with van der Waals surface area (Å²) < 4.78 is 0. The Morgan fingerprint density at radius 2 is 2.19 bits per heavy atom. The number of rotatable bonds is 3. The van der Waals surface area contributed by atoms with Gasteiger partial charge in [0.15, 0.2) is 0 Å². The number of carbonyl (C=O) groups is 1. The van der Waals surface area contributed by atoms with E-state index >= 15 is 0 Å². The van der Waals surface area contributed by atoms with Gasteiger partial charge in [-0.2, -0.15) is 0 Å². The van der Waals surface area contributed by atoms with Crippen LogP contribution in [0, 0.1) is 5.41 Å². The summed E-state index contributed by atoms with van der Waals surface area (Å²) in [6.45, 7) is 4.30. The van der Waals surface area contributed by atoms with Gasteiger partial charge in [-0.1, -0.05) is 25.4 Å². The summed E-state index contributed by atoms with van der Waals surface area (Å²) in [7, 11) is 0. The molecule has 1 atom stereocenters. The highest BCUT2D eigenvalue weighted by molar-refractivity contribution is 6.31. The Bertz CT molecular complexity index is 443. The molecule has 0 aliphatic heterocycles. The Balaban J connectivity index is 2.25. The topological polar surface area (TPSA) is 49.3 Å². The molecule has 3 nitrogen and oxygen atoms in total. The van der Waals surface area contributed by atoms with Crippen LogP contribution in [0.15, 0.2) is 18.2 Å². The van der Waals surface area contributed by atoms with Gasteiger partial charge >= 0.3 is 5.97 Å². The fraction of sp³-hybridized carbons (Fsp3) is 0.417. The molecule has 0 aromatic heterocycles. The van der Waals surface area contributed by atoms with E-state index in [0.717, 1.165) is 6.42 Å². The van der Waals surface area contributed by atoms with E-state index in [0.29, 0.717) is 16.8 Å². The van der Waals surface area contributed by atoms with Crippen molar-refractivity contribution in [1.29, 1.82) is 0 Å². The summed E-state index contributed by atoms with van der Waals surface area (Å²) >= 11 is 5.86. The average Bonchev–Trinajstić information content (AvgIpc) is 2.72. The summed E-state index contributed by atoms with van der Waals surface area (Å²) in [5.41, 5.74) is 1.13. The number of carboxylic acid groups (broad SMARTS) is 1. The van der Waals surface area contributed by atoms with Gasteiger partial charge < -0.3 is 10.4 Å². The predicted octanol–water partition coefficient (Wildman–Crippen LogP) is 3.25. The van der Waals surface area contributed by atoms with Gasteiger partial charge in [0.2, 0.25) is 0 Å². The Hall–Kier alpha value is -1.22. The van der Waals surface area contributed by atoms with E-state index in [1.54, 1.807) is 12.1 Å². The normalized spacial score (nSPS) is 21.6. The molecule has 1 aliphatic carbocycles. The molecule has 2 rings (SSSR count). The molecule has 0 saturated heterocycles. The third-order valence-electron chi connectivity index (χ3n) is 3.06. The second-order valence-electron chi connectivity index (χ2n) is 4.88. The summed E-state index contributed by atoms with van der Waals surface area (Å²) in [5.74, 6) is -0.933. The molecular weight excluding hydrogens is 226 g/mol. The molecule has 4 heteroatoms. The molecule has 1 fully saturated rings. The summed E-state index contributed by atoms with van der Waals surface area (Å²) in [4.78, 5) is 11.0. The average molecular weight is 240 g/mol. The number of aromatic carboxylic acids is 1.